The van der Waals surface area contributed by atoms with Gasteiger partial charge < -0.3 is 0 Å². The van der Waals surface area contributed by atoms with Crippen LogP contribution in [0.3, 0.4) is 0 Å². The number of non-ortho nitro benzene ring substituents is 1. The average molecular weight is 253 g/mol. The van der Waals surface area contributed by atoms with Gasteiger partial charge in [0.15, 0.2) is 0 Å². The first-order chi connectivity index (χ1) is 9.19. The highest BCUT2D eigenvalue weighted by molar-refractivity contribution is 5.94. The third-order valence-corrected chi connectivity index (χ3v) is 3.14. The van der Waals surface area contributed by atoms with E-state index in [4.69, 9.17) is 0 Å². The Kier molecular flexibility index (Phi) is 3.76. The molecule has 3 heteroatoms. The second-order valence-corrected chi connectivity index (χ2v) is 4.32. The van der Waals surface area contributed by atoms with Gasteiger partial charge in [-0.1, -0.05) is 30.4 Å². The Balaban J connectivity index is 2.84. The number of nitro groups is 1. The van der Waals surface area contributed by atoms with Crippen molar-refractivity contribution >= 4 is 16.5 Å². The highest BCUT2D eigenvalue weighted by atomic mass is 16.6. The summed E-state index contributed by atoms with van der Waals surface area (Å²) in [7, 11) is 0. The van der Waals surface area contributed by atoms with Crippen molar-refractivity contribution in [1.82, 2.24) is 0 Å². The molecule has 0 aromatic heterocycles. The molecule has 0 saturated heterocycles. The molecule has 0 fully saturated rings. The van der Waals surface area contributed by atoms with Crippen molar-refractivity contribution in [3.05, 3.63) is 76.9 Å². The topological polar surface area (TPSA) is 43.1 Å². The van der Waals surface area contributed by atoms with E-state index in [-0.39, 0.29) is 10.6 Å². The Morgan fingerprint density at radius 1 is 1.11 bits per heavy atom. The molecule has 0 atom stereocenters. The molecule has 2 rings (SSSR count). The smallest absolute Gasteiger partial charge is 0.258 e. The summed E-state index contributed by atoms with van der Waals surface area (Å²) in [5, 5.41) is 12.8. The molecular formula is C16H15NO2. The van der Waals surface area contributed by atoms with Crippen LogP contribution in [0.5, 0.6) is 0 Å². The van der Waals surface area contributed by atoms with Crippen LogP contribution in [0.1, 0.15) is 11.1 Å². The van der Waals surface area contributed by atoms with E-state index in [2.05, 4.69) is 13.2 Å². The number of allylic oxidation sites excluding steroid dienone is 2. The van der Waals surface area contributed by atoms with Gasteiger partial charge in [0.25, 0.3) is 5.69 Å². The summed E-state index contributed by atoms with van der Waals surface area (Å²) in [4.78, 5) is 10.9. The van der Waals surface area contributed by atoms with Crippen molar-refractivity contribution in [2.45, 2.75) is 12.8 Å². The van der Waals surface area contributed by atoms with Gasteiger partial charge in [-0.15, -0.1) is 13.2 Å². The number of nitrogens with zero attached hydrogens (tertiary/aromatic N) is 1. The van der Waals surface area contributed by atoms with E-state index in [9.17, 15) is 10.1 Å². The lowest BCUT2D eigenvalue weighted by molar-refractivity contribution is -0.383. The van der Waals surface area contributed by atoms with Crippen molar-refractivity contribution in [3.63, 3.8) is 0 Å². The van der Waals surface area contributed by atoms with Crippen LogP contribution in [0, 0.1) is 10.1 Å². The fourth-order valence-electron chi connectivity index (χ4n) is 2.35. The molecule has 0 unspecified atom stereocenters. The monoisotopic (exact) mass is 253 g/mol. The molecule has 0 N–H and O–H groups in total. The Hall–Kier alpha value is -2.42. The van der Waals surface area contributed by atoms with E-state index in [1.165, 1.54) is 0 Å². The zero-order valence-corrected chi connectivity index (χ0v) is 10.6. The molecular weight excluding hydrogens is 238 g/mol. The van der Waals surface area contributed by atoms with E-state index in [1.54, 1.807) is 18.2 Å². The van der Waals surface area contributed by atoms with Crippen LogP contribution in [0.4, 0.5) is 5.69 Å². The summed E-state index contributed by atoms with van der Waals surface area (Å²) in [5.41, 5.74) is 2.19. The first-order valence-corrected chi connectivity index (χ1v) is 6.08. The Morgan fingerprint density at radius 2 is 1.74 bits per heavy atom. The Morgan fingerprint density at radius 3 is 2.32 bits per heavy atom. The molecule has 2 aromatic carbocycles. The molecule has 0 heterocycles. The largest absolute Gasteiger partial charge is 0.277 e. The summed E-state index contributed by atoms with van der Waals surface area (Å²) in [6, 6.07) is 9.09. The molecule has 0 spiro atoms. The fourth-order valence-corrected chi connectivity index (χ4v) is 2.35. The van der Waals surface area contributed by atoms with Gasteiger partial charge in [-0.2, -0.15) is 0 Å². The number of benzene rings is 2. The average Bonchev–Trinajstić information content (AvgIpc) is 2.41. The van der Waals surface area contributed by atoms with Crippen LogP contribution in [0.2, 0.25) is 0 Å². The van der Waals surface area contributed by atoms with E-state index in [0.29, 0.717) is 18.2 Å². The van der Waals surface area contributed by atoms with Gasteiger partial charge in [0, 0.05) is 6.07 Å². The quantitative estimate of drug-likeness (QED) is 0.455. The minimum atomic E-state index is -0.327. The fraction of sp³-hybridized carbons (Fsp3) is 0.125. The third kappa shape index (κ3) is 2.40. The summed E-state index contributed by atoms with van der Waals surface area (Å²) in [6.45, 7) is 7.48. The maximum Gasteiger partial charge on any atom is 0.277 e. The Labute approximate surface area is 112 Å². The van der Waals surface area contributed by atoms with Gasteiger partial charge >= 0.3 is 0 Å². The summed E-state index contributed by atoms with van der Waals surface area (Å²) < 4.78 is 0. The second kappa shape index (κ2) is 5.48. The van der Waals surface area contributed by atoms with Crippen LogP contribution < -0.4 is 0 Å². The number of hydrogen-bond acceptors (Lipinski definition) is 2. The lowest BCUT2D eigenvalue weighted by Gasteiger charge is -2.11. The van der Waals surface area contributed by atoms with Gasteiger partial charge in [0.1, 0.15) is 0 Å². The molecule has 0 saturated carbocycles. The summed E-state index contributed by atoms with van der Waals surface area (Å²) >= 11 is 0. The molecule has 0 radical (unpaired) electrons. The normalized spacial score (nSPS) is 10.3. The van der Waals surface area contributed by atoms with Gasteiger partial charge in [0.05, 0.1) is 10.3 Å². The predicted octanol–water partition coefficient (Wildman–Crippen LogP) is 4.21. The van der Waals surface area contributed by atoms with Gasteiger partial charge in [-0.05, 0) is 35.4 Å². The molecule has 2 aromatic rings. The third-order valence-electron chi connectivity index (χ3n) is 3.14. The SMILES string of the molecule is C=CCc1cc([N+](=O)[O-])c2ccccc2c1CC=C. The van der Waals surface area contributed by atoms with Gasteiger partial charge in [-0.3, -0.25) is 10.1 Å². The van der Waals surface area contributed by atoms with Gasteiger partial charge in [0.2, 0.25) is 0 Å². The highest BCUT2D eigenvalue weighted by Gasteiger charge is 2.17. The molecule has 0 aliphatic carbocycles. The van der Waals surface area contributed by atoms with Crippen LogP contribution in [-0.2, 0) is 12.8 Å². The van der Waals surface area contributed by atoms with Crippen LogP contribution in [0.25, 0.3) is 10.8 Å². The lowest BCUT2D eigenvalue weighted by atomic mass is 9.93. The molecule has 0 aliphatic rings. The maximum atomic E-state index is 11.2. The highest BCUT2D eigenvalue weighted by Crippen LogP contribution is 2.32. The first kappa shape index (κ1) is 13.0. The van der Waals surface area contributed by atoms with Crippen LogP contribution >= 0.6 is 0 Å². The summed E-state index contributed by atoms with van der Waals surface area (Å²) in [6.07, 6.45) is 4.90. The molecule has 0 amide bonds. The number of rotatable bonds is 5. The zero-order chi connectivity index (χ0) is 13.8. The maximum absolute atomic E-state index is 11.2. The standard InChI is InChI=1S/C16H15NO2/c1-3-7-12-11-16(17(18)19)15-10-6-5-9-14(15)13(12)8-4-2/h3-6,9-11H,1-2,7-8H2. The molecule has 19 heavy (non-hydrogen) atoms. The molecule has 0 bridgehead atoms. The van der Waals surface area contributed by atoms with Gasteiger partial charge in [-0.25, -0.2) is 0 Å². The minimum absolute atomic E-state index is 0.153. The van der Waals surface area contributed by atoms with Crippen molar-refractivity contribution in [2.24, 2.45) is 0 Å². The molecule has 3 nitrogen and oxygen atoms in total. The lowest BCUT2D eigenvalue weighted by Crippen LogP contribution is -1.98. The van der Waals surface area contributed by atoms with Crippen molar-refractivity contribution in [1.29, 1.82) is 0 Å². The van der Waals surface area contributed by atoms with Crippen LogP contribution in [-0.4, -0.2) is 4.92 Å². The van der Waals surface area contributed by atoms with Crippen molar-refractivity contribution in [3.8, 4) is 0 Å². The van der Waals surface area contributed by atoms with E-state index in [0.717, 1.165) is 16.5 Å². The second-order valence-electron chi connectivity index (χ2n) is 4.32. The van der Waals surface area contributed by atoms with E-state index >= 15 is 0 Å². The van der Waals surface area contributed by atoms with E-state index < -0.39 is 0 Å². The molecule has 96 valence electrons. The van der Waals surface area contributed by atoms with Crippen LogP contribution in [0.15, 0.2) is 55.6 Å². The predicted molar refractivity (Wildman–Crippen MR) is 78.4 cm³/mol. The molecule has 0 aliphatic heterocycles. The zero-order valence-electron chi connectivity index (χ0n) is 10.6. The minimum Gasteiger partial charge on any atom is -0.258 e. The number of hydrogen-bond donors (Lipinski definition) is 0. The van der Waals surface area contributed by atoms with Crippen molar-refractivity contribution < 1.29 is 4.92 Å². The first-order valence-electron chi connectivity index (χ1n) is 6.08. The number of fused-ring (bicyclic) bond motifs is 1. The number of nitro benzene ring substituents is 1. The summed E-state index contributed by atoms with van der Waals surface area (Å²) in [5.74, 6) is 0. The van der Waals surface area contributed by atoms with Crippen molar-refractivity contribution in [2.75, 3.05) is 0 Å². The van der Waals surface area contributed by atoms with E-state index in [1.807, 2.05) is 24.3 Å². The Bertz CT molecular complexity index is 659.